The Hall–Kier alpha value is -0.0600. The van der Waals surface area contributed by atoms with Crippen molar-refractivity contribution in [2.24, 2.45) is 0 Å². The van der Waals surface area contributed by atoms with Crippen molar-refractivity contribution >= 4 is 23.1 Å². The van der Waals surface area contributed by atoms with Crippen LogP contribution in [-0.4, -0.2) is 23.0 Å². The SMILES string of the molecule is CCNC1(c2nc(C(C)(C)C)cs2)CCCSC1. The fourth-order valence-corrected chi connectivity index (χ4v) is 4.92. The second kappa shape index (κ2) is 5.51. The third-order valence-electron chi connectivity index (χ3n) is 3.44. The molecule has 1 aliphatic heterocycles. The van der Waals surface area contributed by atoms with Gasteiger partial charge in [0.05, 0.1) is 11.2 Å². The first-order valence-corrected chi connectivity index (χ1v) is 8.81. The highest BCUT2D eigenvalue weighted by atomic mass is 32.2. The van der Waals surface area contributed by atoms with Gasteiger partial charge in [-0.05, 0) is 25.1 Å². The molecule has 1 saturated heterocycles. The summed E-state index contributed by atoms with van der Waals surface area (Å²) in [6.45, 7) is 9.93. The van der Waals surface area contributed by atoms with Gasteiger partial charge in [0.2, 0.25) is 0 Å². The topological polar surface area (TPSA) is 24.9 Å². The fraction of sp³-hybridized carbons (Fsp3) is 0.786. The van der Waals surface area contributed by atoms with Gasteiger partial charge in [0.1, 0.15) is 5.01 Å². The number of thioether (sulfide) groups is 1. The minimum Gasteiger partial charge on any atom is -0.305 e. The average Bonchev–Trinajstić information content (AvgIpc) is 2.80. The Bertz CT molecular complexity index is 381. The molecule has 0 aromatic carbocycles. The number of hydrogen-bond donors (Lipinski definition) is 1. The lowest BCUT2D eigenvalue weighted by Crippen LogP contribution is -2.46. The van der Waals surface area contributed by atoms with Crippen LogP contribution in [0.25, 0.3) is 0 Å². The first kappa shape index (κ1) is 14.4. The van der Waals surface area contributed by atoms with Gasteiger partial charge < -0.3 is 5.32 Å². The van der Waals surface area contributed by atoms with Crippen molar-refractivity contribution in [1.82, 2.24) is 10.3 Å². The van der Waals surface area contributed by atoms with Gasteiger partial charge in [-0.1, -0.05) is 27.7 Å². The van der Waals surface area contributed by atoms with Gasteiger partial charge in [-0.3, -0.25) is 0 Å². The van der Waals surface area contributed by atoms with Crippen molar-refractivity contribution in [3.63, 3.8) is 0 Å². The van der Waals surface area contributed by atoms with E-state index in [0.717, 1.165) is 12.3 Å². The largest absolute Gasteiger partial charge is 0.305 e. The molecule has 1 unspecified atom stereocenters. The van der Waals surface area contributed by atoms with Crippen LogP contribution in [0.4, 0.5) is 0 Å². The van der Waals surface area contributed by atoms with Gasteiger partial charge in [0, 0.05) is 16.5 Å². The van der Waals surface area contributed by atoms with Gasteiger partial charge in [-0.15, -0.1) is 11.3 Å². The van der Waals surface area contributed by atoms with E-state index >= 15 is 0 Å². The van der Waals surface area contributed by atoms with Crippen molar-refractivity contribution in [2.45, 2.75) is 51.5 Å². The lowest BCUT2D eigenvalue weighted by molar-refractivity contribution is 0.343. The van der Waals surface area contributed by atoms with Crippen LogP contribution in [0, 0.1) is 0 Å². The molecule has 0 amide bonds. The zero-order valence-corrected chi connectivity index (χ0v) is 13.5. The van der Waals surface area contributed by atoms with Crippen molar-refractivity contribution < 1.29 is 0 Å². The molecule has 1 aromatic heterocycles. The summed E-state index contributed by atoms with van der Waals surface area (Å²) >= 11 is 3.89. The summed E-state index contributed by atoms with van der Waals surface area (Å²) in [5, 5.41) is 7.24. The molecular weight excluding hydrogens is 260 g/mol. The van der Waals surface area contributed by atoms with E-state index in [4.69, 9.17) is 4.98 Å². The summed E-state index contributed by atoms with van der Waals surface area (Å²) in [4.78, 5) is 4.94. The minimum atomic E-state index is 0.131. The van der Waals surface area contributed by atoms with Gasteiger partial charge >= 0.3 is 0 Å². The molecule has 0 radical (unpaired) electrons. The number of aromatic nitrogens is 1. The van der Waals surface area contributed by atoms with E-state index in [0.29, 0.717) is 0 Å². The number of rotatable bonds is 3. The van der Waals surface area contributed by atoms with E-state index in [1.807, 2.05) is 11.3 Å². The maximum atomic E-state index is 4.94. The number of nitrogens with one attached hydrogen (secondary N) is 1. The predicted molar refractivity (Wildman–Crippen MR) is 82.7 cm³/mol. The second-order valence-corrected chi connectivity index (χ2v) is 8.02. The van der Waals surface area contributed by atoms with Crippen LogP contribution in [0.1, 0.15) is 51.2 Å². The van der Waals surface area contributed by atoms with E-state index in [2.05, 4.69) is 50.2 Å². The first-order valence-electron chi connectivity index (χ1n) is 6.77. The number of thiazole rings is 1. The molecule has 0 aliphatic carbocycles. The van der Waals surface area contributed by atoms with Crippen LogP contribution in [0.5, 0.6) is 0 Å². The van der Waals surface area contributed by atoms with Crippen LogP contribution < -0.4 is 5.32 Å². The zero-order valence-electron chi connectivity index (χ0n) is 11.9. The molecule has 1 N–H and O–H groups in total. The molecule has 18 heavy (non-hydrogen) atoms. The van der Waals surface area contributed by atoms with Gasteiger partial charge in [-0.25, -0.2) is 4.98 Å². The molecule has 4 heteroatoms. The smallest absolute Gasteiger partial charge is 0.114 e. The first-order chi connectivity index (χ1) is 8.48. The summed E-state index contributed by atoms with van der Waals surface area (Å²) in [5.41, 5.74) is 1.52. The standard InChI is InChI=1S/C14H24N2S2/c1-5-15-14(7-6-8-17-10-14)12-16-11(9-18-12)13(2,3)4/h9,15H,5-8,10H2,1-4H3. The van der Waals surface area contributed by atoms with Crippen molar-refractivity contribution in [1.29, 1.82) is 0 Å². The lowest BCUT2D eigenvalue weighted by Gasteiger charge is -2.36. The summed E-state index contributed by atoms with van der Waals surface area (Å²) in [7, 11) is 0. The van der Waals surface area contributed by atoms with Crippen LogP contribution in [0.2, 0.25) is 0 Å². The lowest BCUT2D eigenvalue weighted by atomic mass is 9.92. The summed E-state index contributed by atoms with van der Waals surface area (Å²) in [6, 6.07) is 0. The zero-order chi connectivity index (χ0) is 13.2. The monoisotopic (exact) mass is 284 g/mol. The Kier molecular flexibility index (Phi) is 4.40. The van der Waals surface area contributed by atoms with Crippen LogP contribution in [0.3, 0.4) is 0 Å². The second-order valence-electron chi connectivity index (χ2n) is 6.06. The molecule has 0 spiro atoms. The van der Waals surface area contributed by atoms with Crippen LogP contribution >= 0.6 is 23.1 Å². The quantitative estimate of drug-likeness (QED) is 0.914. The molecule has 2 heterocycles. The van der Waals surface area contributed by atoms with Crippen LogP contribution in [0.15, 0.2) is 5.38 Å². The Morgan fingerprint density at radius 3 is 2.72 bits per heavy atom. The highest BCUT2D eigenvalue weighted by molar-refractivity contribution is 7.99. The Balaban J connectivity index is 2.28. The van der Waals surface area contributed by atoms with Crippen molar-refractivity contribution in [3.05, 3.63) is 16.1 Å². The molecular formula is C14H24N2S2. The van der Waals surface area contributed by atoms with E-state index in [1.54, 1.807) is 0 Å². The third-order valence-corrected chi connectivity index (χ3v) is 5.76. The van der Waals surface area contributed by atoms with E-state index < -0.39 is 0 Å². The van der Waals surface area contributed by atoms with Crippen molar-refractivity contribution in [3.8, 4) is 0 Å². The molecule has 1 fully saturated rings. The summed E-state index contributed by atoms with van der Waals surface area (Å²) in [5.74, 6) is 2.46. The Labute approximate surface area is 119 Å². The predicted octanol–water partition coefficient (Wildman–Crippen LogP) is 3.77. The Morgan fingerprint density at radius 2 is 2.22 bits per heavy atom. The van der Waals surface area contributed by atoms with E-state index in [1.165, 1.54) is 29.3 Å². The third kappa shape index (κ3) is 2.91. The number of nitrogens with zero attached hydrogens (tertiary/aromatic N) is 1. The van der Waals surface area contributed by atoms with Crippen molar-refractivity contribution in [2.75, 3.05) is 18.1 Å². The van der Waals surface area contributed by atoms with Gasteiger partial charge in [0.25, 0.3) is 0 Å². The maximum Gasteiger partial charge on any atom is 0.114 e. The molecule has 0 bridgehead atoms. The fourth-order valence-electron chi connectivity index (χ4n) is 2.35. The Morgan fingerprint density at radius 1 is 1.44 bits per heavy atom. The average molecular weight is 284 g/mol. The minimum absolute atomic E-state index is 0.131. The van der Waals surface area contributed by atoms with Gasteiger partial charge in [-0.2, -0.15) is 11.8 Å². The van der Waals surface area contributed by atoms with E-state index in [-0.39, 0.29) is 11.0 Å². The molecule has 2 nitrogen and oxygen atoms in total. The molecule has 1 aliphatic rings. The molecule has 102 valence electrons. The highest BCUT2D eigenvalue weighted by Gasteiger charge is 2.36. The summed E-state index contributed by atoms with van der Waals surface area (Å²) < 4.78 is 0. The number of hydrogen-bond acceptors (Lipinski definition) is 4. The van der Waals surface area contributed by atoms with E-state index in [9.17, 15) is 0 Å². The highest BCUT2D eigenvalue weighted by Crippen LogP contribution is 2.38. The summed E-state index contributed by atoms with van der Waals surface area (Å²) in [6.07, 6.45) is 2.52. The van der Waals surface area contributed by atoms with Gasteiger partial charge in [0.15, 0.2) is 0 Å². The van der Waals surface area contributed by atoms with Crippen LogP contribution in [-0.2, 0) is 11.0 Å². The normalized spacial score (nSPS) is 25.3. The molecule has 1 aromatic rings. The molecule has 2 rings (SSSR count). The molecule has 1 atom stereocenters. The maximum absolute atomic E-state index is 4.94. The molecule has 0 saturated carbocycles.